The Bertz CT molecular complexity index is 1010. The van der Waals surface area contributed by atoms with Crippen molar-refractivity contribution in [2.45, 2.75) is 44.7 Å². The van der Waals surface area contributed by atoms with Crippen LogP contribution in [-0.2, 0) is 19.1 Å². The fourth-order valence-corrected chi connectivity index (χ4v) is 4.57. The lowest BCUT2D eigenvalue weighted by atomic mass is 9.94. The van der Waals surface area contributed by atoms with Crippen molar-refractivity contribution in [2.75, 3.05) is 26.9 Å². The summed E-state index contributed by atoms with van der Waals surface area (Å²) >= 11 is 0. The van der Waals surface area contributed by atoms with Gasteiger partial charge in [-0.05, 0) is 42.5 Å². The first-order chi connectivity index (χ1) is 16.3. The van der Waals surface area contributed by atoms with Gasteiger partial charge in [0.15, 0.2) is 0 Å². The molecule has 0 bridgehead atoms. The first kappa shape index (κ1) is 25.2. The lowest BCUT2D eigenvalue weighted by molar-refractivity contribution is -0.153. The molecule has 0 aromatic heterocycles. The Labute approximate surface area is 199 Å². The number of carbonyl (C=O) groups is 3. The summed E-state index contributed by atoms with van der Waals surface area (Å²) in [7, 11) is 1.42. The Hall–Kier alpha value is -3.39. The molecule has 8 heteroatoms. The number of benzene rings is 2. The monoisotopic (exact) mass is 468 g/mol. The van der Waals surface area contributed by atoms with Crippen molar-refractivity contribution in [3.05, 3.63) is 59.7 Å². The van der Waals surface area contributed by atoms with Gasteiger partial charge in [-0.3, -0.25) is 4.79 Å². The first-order valence-electron chi connectivity index (χ1n) is 11.5. The maximum absolute atomic E-state index is 13.4. The van der Waals surface area contributed by atoms with Crippen molar-refractivity contribution in [2.24, 2.45) is 0 Å². The van der Waals surface area contributed by atoms with Gasteiger partial charge in [0, 0.05) is 19.6 Å². The van der Waals surface area contributed by atoms with Crippen molar-refractivity contribution in [1.29, 1.82) is 0 Å². The van der Waals surface area contributed by atoms with E-state index in [1.165, 1.54) is 18.9 Å². The molecule has 3 rings (SSSR count). The molecule has 0 spiro atoms. The molecule has 0 saturated carbocycles. The second-order valence-corrected chi connectivity index (χ2v) is 8.42. The number of aliphatic carboxylic acids is 1. The van der Waals surface area contributed by atoms with Crippen molar-refractivity contribution in [3.8, 4) is 11.1 Å². The highest BCUT2D eigenvalue weighted by atomic mass is 16.5. The molecule has 2 atom stereocenters. The smallest absolute Gasteiger partial charge is 0.408 e. The molecule has 8 nitrogen and oxygen atoms in total. The van der Waals surface area contributed by atoms with Crippen LogP contribution in [0.5, 0.6) is 0 Å². The second-order valence-electron chi connectivity index (χ2n) is 8.42. The van der Waals surface area contributed by atoms with E-state index in [9.17, 15) is 19.5 Å². The fourth-order valence-electron chi connectivity index (χ4n) is 4.57. The van der Waals surface area contributed by atoms with E-state index >= 15 is 0 Å². The zero-order valence-electron chi connectivity index (χ0n) is 20.0. The number of hydrogen-bond donors (Lipinski definition) is 2. The van der Waals surface area contributed by atoms with Crippen LogP contribution in [0.25, 0.3) is 11.1 Å². The standard InChI is InChI=1S/C26H32N2O6/c1-5-26(16-33-4,24(31)28(6-2)17(3)23(29)30)27-25(32)34-15-22-20-13-9-7-11-18(20)19-12-8-10-14-21(19)22/h7-14,17,22H,5-6,15-16H2,1-4H3,(H,27,32)(H,29,30). The van der Waals surface area contributed by atoms with Gasteiger partial charge in [-0.2, -0.15) is 0 Å². The van der Waals surface area contributed by atoms with Crippen molar-refractivity contribution in [3.63, 3.8) is 0 Å². The number of nitrogens with zero attached hydrogens (tertiary/aromatic N) is 1. The third kappa shape index (κ3) is 4.77. The van der Waals surface area contributed by atoms with Gasteiger partial charge in [-0.1, -0.05) is 55.5 Å². The van der Waals surface area contributed by atoms with Crippen molar-refractivity contribution >= 4 is 18.0 Å². The minimum absolute atomic E-state index is 0.101. The third-order valence-electron chi connectivity index (χ3n) is 6.52. The van der Waals surface area contributed by atoms with E-state index in [0.717, 1.165) is 22.3 Å². The summed E-state index contributed by atoms with van der Waals surface area (Å²) < 4.78 is 10.9. The summed E-state index contributed by atoms with van der Waals surface area (Å²) in [6, 6.07) is 15.0. The van der Waals surface area contributed by atoms with Gasteiger partial charge in [0.05, 0.1) is 6.61 Å². The van der Waals surface area contributed by atoms with E-state index in [4.69, 9.17) is 9.47 Å². The zero-order chi connectivity index (χ0) is 24.9. The van der Waals surface area contributed by atoms with Crippen molar-refractivity contribution < 1.29 is 29.0 Å². The number of likely N-dealkylation sites (N-methyl/N-ethyl adjacent to an activating group) is 1. The molecule has 2 N–H and O–H groups in total. The Morgan fingerprint density at radius 2 is 1.62 bits per heavy atom. The number of amides is 2. The summed E-state index contributed by atoms with van der Waals surface area (Å²) in [5, 5.41) is 12.1. The number of ether oxygens (including phenoxy) is 2. The highest BCUT2D eigenvalue weighted by molar-refractivity contribution is 5.93. The molecule has 2 amide bonds. The molecule has 0 heterocycles. The van der Waals surface area contributed by atoms with Crippen LogP contribution in [0.4, 0.5) is 4.79 Å². The molecule has 0 aliphatic heterocycles. The van der Waals surface area contributed by atoms with Crippen LogP contribution in [0.2, 0.25) is 0 Å². The first-order valence-corrected chi connectivity index (χ1v) is 11.5. The van der Waals surface area contributed by atoms with E-state index in [0.29, 0.717) is 0 Å². The summed E-state index contributed by atoms with van der Waals surface area (Å²) in [5.74, 6) is -1.77. The Balaban J connectivity index is 1.78. The van der Waals surface area contributed by atoms with Crippen LogP contribution >= 0.6 is 0 Å². The number of carbonyl (C=O) groups excluding carboxylic acids is 2. The van der Waals surface area contributed by atoms with Gasteiger partial charge in [0.1, 0.15) is 18.2 Å². The average molecular weight is 469 g/mol. The number of rotatable bonds is 10. The number of carboxylic acids is 1. The molecular weight excluding hydrogens is 436 g/mol. The van der Waals surface area contributed by atoms with Crippen LogP contribution in [-0.4, -0.2) is 66.4 Å². The number of alkyl carbamates (subject to hydrolysis) is 1. The van der Waals surface area contributed by atoms with E-state index in [-0.39, 0.29) is 32.1 Å². The quantitative estimate of drug-likeness (QED) is 0.552. The van der Waals surface area contributed by atoms with Gasteiger partial charge in [0.2, 0.25) is 0 Å². The number of fused-ring (bicyclic) bond motifs is 3. The number of nitrogens with one attached hydrogen (secondary N) is 1. The molecule has 0 radical (unpaired) electrons. The van der Waals surface area contributed by atoms with Crippen LogP contribution in [0.15, 0.2) is 48.5 Å². The predicted octanol–water partition coefficient (Wildman–Crippen LogP) is 3.64. The zero-order valence-corrected chi connectivity index (χ0v) is 20.0. The minimum Gasteiger partial charge on any atom is -0.480 e. The van der Waals surface area contributed by atoms with Gasteiger partial charge in [-0.25, -0.2) is 9.59 Å². The SMILES string of the molecule is CCN(C(=O)C(CC)(COC)NC(=O)OCC1c2ccccc2-c2ccccc21)C(C)C(=O)O. The van der Waals surface area contributed by atoms with E-state index in [1.54, 1.807) is 13.8 Å². The number of methoxy groups -OCH3 is 1. The van der Waals surface area contributed by atoms with Crippen LogP contribution < -0.4 is 5.32 Å². The van der Waals surface area contributed by atoms with Crippen molar-refractivity contribution in [1.82, 2.24) is 10.2 Å². The minimum atomic E-state index is -1.45. The fraction of sp³-hybridized carbons (Fsp3) is 0.423. The molecule has 182 valence electrons. The summed E-state index contributed by atoms with van der Waals surface area (Å²) in [6.45, 7) is 5.02. The number of carboxylic acid groups (broad SMARTS) is 1. The Kier molecular flexibility index (Phi) is 7.94. The highest BCUT2D eigenvalue weighted by Crippen LogP contribution is 2.44. The van der Waals surface area contributed by atoms with Gasteiger partial charge < -0.3 is 24.8 Å². The Morgan fingerprint density at radius 3 is 2.09 bits per heavy atom. The lowest BCUT2D eigenvalue weighted by Gasteiger charge is -2.37. The van der Waals surface area contributed by atoms with Gasteiger partial charge >= 0.3 is 12.1 Å². The van der Waals surface area contributed by atoms with Crippen LogP contribution in [0.1, 0.15) is 44.2 Å². The normalized spacial score (nSPS) is 14.9. The molecule has 2 aromatic carbocycles. The molecule has 0 fully saturated rings. The molecule has 2 aromatic rings. The molecule has 34 heavy (non-hydrogen) atoms. The second kappa shape index (κ2) is 10.7. The molecular formula is C26H32N2O6. The topological polar surface area (TPSA) is 105 Å². The Morgan fingerprint density at radius 1 is 1.06 bits per heavy atom. The molecule has 0 saturated heterocycles. The molecule has 2 unspecified atom stereocenters. The third-order valence-corrected chi connectivity index (χ3v) is 6.52. The summed E-state index contributed by atoms with van der Waals surface area (Å²) in [4.78, 5) is 39.0. The maximum Gasteiger partial charge on any atom is 0.408 e. The maximum atomic E-state index is 13.4. The molecule has 1 aliphatic carbocycles. The molecule has 1 aliphatic rings. The van der Waals surface area contributed by atoms with E-state index < -0.39 is 29.6 Å². The van der Waals surface area contributed by atoms with Crippen LogP contribution in [0, 0.1) is 0 Å². The summed E-state index contributed by atoms with van der Waals surface area (Å²) in [6.07, 6.45) is -0.555. The van der Waals surface area contributed by atoms with Gasteiger partial charge in [0.25, 0.3) is 5.91 Å². The van der Waals surface area contributed by atoms with E-state index in [1.807, 2.05) is 36.4 Å². The average Bonchev–Trinajstić information content (AvgIpc) is 3.16. The predicted molar refractivity (Wildman–Crippen MR) is 128 cm³/mol. The highest BCUT2D eigenvalue weighted by Gasteiger charge is 2.44. The lowest BCUT2D eigenvalue weighted by Crippen LogP contribution is -2.64. The van der Waals surface area contributed by atoms with E-state index in [2.05, 4.69) is 17.4 Å². The summed E-state index contributed by atoms with van der Waals surface area (Å²) in [5.41, 5.74) is 2.95. The largest absolute Gasteiger partial charge is 0.480 e. The van der Waals surface area contributed by atoms with Crippen LogP contribution in [0.3, 0.4) is 0 Å². The van der Waals surface area contributed by atoms with Gasteiger partial charge in [-0.15, -0.1) is 0 Å². The number of hydrogen-bond acceptors (Lipinski definition) is 5.